The second kappa shape index (κ2) is 8.81. The van der Waals surface area contributed by atoms with Gasteiger partial charge in [0.15, 0.2) is 0 Å². The fourth-order valence-electron chi connectivity index (χ4n) is 5.17. The number of nitrogens with one attached hydrogen (secondary N) is 1. The highest BCUT2D eigenvalue weighted by atomic mass is 19.1. The minimum Gasteiger partial charge on any atom is -0.340 e. The Labute approximate surface area is 196 Å². The van der Waals surface area contributed by atoms with Gasteiger partial charge in [-0.2, -0.15) is 4.98 Å². The molecule has 2 aromatic rings. The summed E-state index contributed by atoms with van der Waals surface area (Å²) in [5, 5.41) is 6.86. The van der Waals surface area contributed by atoms with Crippen molar-refractivity contribution in [1.82, 2.24) is 25.3 Å². The molecule has 1 saturated carbocycles. The first kappa shape index (κ1) is 22.5. The molecule has 10 heteroatoms. The summed E-state index contributed by atoms with van der Waals surface area (Å²) in [4.78, 5) is 45.9. The number of hydrogen-bond donors (Lipinski definition) is 1. The largest absolute Gasteiger partial charge is 0.340 e. The van der Waals surface area contributed by atoms with E-state index < -0.39 is 11.6 Å². The number of carbonyl (C=O) groups excluding carboxylic acids is 3. The Kier molecular flexibility index (Phi) is 5.83. The molecule has 1 aromatic heterocycles. The molecule has 2 aliphatic heterocycles. The van der Waals surface area contributed by atoms with E-state index in [2.05, 4.69) is 22.4 Å². The Bertz CT molecular complexity index is 1090. The Morgan fingerprint density at radius 3 is 2.68 bits per heavy atom. The van der Waals surface area contributed by atoms with Gasteiger partial charge >= 0.3 is 6.03 Å². The first-order chi connectivity index (χ1) is 16.3. The molecule has 1 aliphatic carbocycles. The van der Waals surface area contributed by atoms with Crippen LogP contribution < -0.4 is 5.32 Å². The molecular weight excluding hydrogens is 441 g/mol. The number of amides is 4. The van der Waals surface area contributed by atoms with Gasteiger partial charge in [-0.1, -0.05) is 12.1 Å². The smallest absolute Gasteiger partial charge is 0.325 e. The van der Waals surface area contributed by atoms with Gasteiger partial charge in [0.2, 0.25) is 17.6 Å². The van der Waals surface area contributed by atoms with Gasteiger partial charge in [-0.05, 0) is 68.7 Å². The number of carbonyl (C=O) groups is 3. The molecular formula is C24H28FN5O4. The molecule has 0 radical (unpaired) electrons. The van der Waals surface area contributed by atoms with Crippen LogP contribution in [0.1, 0.15) is 57.3 Å². The Morgan fingerprint density at radius 1 is 1.21 bits per heavy atom. The maximum absolute atomic E-state index is 13.2. The van der Waals surface area contributed by atoms with Crippen molar-refractivity contribution in [2.45, 2.75) is 56.9 Å². The molecule has 34 heavy (non-hydrogen) atoms. The fourth-order valence-corrected chi connectivity index (χ4v) is 5.17. The van der Waals surface area contributed by atoms with Crippen LogP contribution >= 0.6 is 0 Å². The summed E-state index contributed by atoms with van der Waals surface area (Å²) in [7, 11) is 0. The first-order valence-electron chi connectivity index (χ1n) is 11.9. The minimum absolute atomic E-state index is 0.145. The zero-order valence-electron chi connectivity index (χ0n) is 19.1. The van der Waals surface area contributed by atoms with Crippen molar-refractivity contribution < 1.29 is 23.3 Å². The lowest BCUT2D eigenvalue weighted by Crippen LogP contribution is -2.50. The van der Waals surface area contributed by atoms with Crippen LogP contribution in [-0.2, 0) is 9.59 Å². The molecule has 4 amide bonds. The molecule has 1 unspecified atom stereocenters. The van der Waals surface area contributed by atoms with Crippen molar-refractivity contribution in [3.05, 3.63) is 36.0 Å². The van der Waals surface area contributed by atoms with Crippen molar-refractivity contribution in [1.29, 1.82) is 0 Å². The Morgan fingerprint density at radius 2 is 1.94 bits per heavy atom. The molecule has 3 fully saturated rings. The van der Waals surface area contributed by atoms with Crippen LogP contribution in [0.5, 0.6) is 0 Å². The number of halogens is 1. The van der Waals surface area contributed by atoms with Crippen LogP contribution in [0.2, 0.25) is 0 Å². The Balaban J connectivity index is 1.23. The monoisotopic (exact) mass is 469 g/mol. The highest BCUT2D eigenvalue weighted by molar-refractivity contribution is 6.09. The summed E-state index contributed by atoms with van der Waals surface area (Å²) in [6.07, 6.45) is 4.51. The van der Waals surface area contributed by atoms with Gasteiger partial charge in [0.1, 0.15) is 17.9 Å². The number of aromatic nitrogens is 2. The average molecular weight is 470 g/mol. The van der Waals surface area contributed by atoms with Gasteiger partial charge < -0.3 is 14.7 Å². The lowest BCUT2D eigenvalue weighted by molar-refractivity contribution is -0.140. The number of imide groups is 1. The highest BCUT2D eigenvalue weighted by Crippen LogP contribution is 2.36. The minimum atomic E-state index is -0.852. The SMILES string of the molecule is CC1CCC2(CC1)NC(=O)N(CC(=O)N1CCCC(c3nc(-c4ccc(F)cc4)no3)C1)C2=O. The lowest BCUT2D eigenvalue weighted by atomic mass is 9.77. The Hall–Kier alpha value is -3.30. The van der Waals surface area contributed by atoms with Crippen molar-refractivity contribution in [2.24, 2.45) is 5.92 Å². The summed E-state index contributed by atoms with van der Waals surface area (Å²) >= 11 is 0. The van der Waals surface area contributed by atoms with Crippen LogP contribution in [0.15, 0.2) is 28.8 Å². The molecule has 180 valence electrons. The predicted octanol–water partition coefficient (Wildman–Crippen LogP) is 3.08. The fraction of sp³-hybridized carbons (Fsp3) is 0.542. The van der Waals surface area contributed by atoms with Gasteiger partial charge in [-0.3, -0.25) is 14.5 Å². The zero-order valence-corrected chi connectivity index (χ0v) is 19.1. The van der Waals surface area contributed by atoms with Gasteiger partial charge in [0.05, 0.1) is 5.92 Å². The molecule has 9 nitrogen and oxygen atoms in total. The number of piperidine rings is 1. The zero-order chi connectivity index (χ0) is 23.9. The molecule has 0 bridgehead atoms. The molecule has 2 saturated heterocycles. The first-order valence-corrected chi connectivity index (χ1v) is 11.9. The normalized spacial score (nSPS) is 27.4. The third-order valence-corrected chi connectivity index (χ3v) is 7.33. The van der Waals surface area contributed by atoms with Gasteiger partial charge in [0, 0.05) is 18.7 Å². The second-order valence-corrected chi connectivity index (χ2v) is 9.73. The van der Waals surface area contributed by atoms with E-state index in [0.717, 1.165) is 30.6 Å². The van der Waals surface area contributed by atoms with Crippen molar-refractivity contribution in [2.75, 3.05) is 19.6 Å². The number of likely N-dealkylation sites (tertiary alicyclic amines) is 1. The van der Waals surface area contributed by atoms with Gasteiger partial charge in [-0.15, -0.1) is 0 Å². The van der Waals surface area contributed by atoms with Crippen LogP contribution in [-0.4, -0.2) is 63.0 Å². The quantitative estimate of drug-likeness (QED) is 0.690. The van der Waals surface area contributed by atoms with E-state index in [0.29, 0.717) is 49.1 Å². The van der Waals surface area contributed by atoms with Crippen molar-refractivity contribution >= 4 is 17.8 Å². The van der Waals surface area contributed by atoms with Gasteiger partial charge in [0.25, 0.3) is 5.91 Å². The number of urea groups is 1. The van der Waals surface area contributed by atoms with Crippen LogP contribution in [0, 0.1) is 11.7 Å². The topological polar surface area (TPSA) is 109 Å². The number of rotatable bonds is 4. The van der Waals surface area contributed by atoms with E-state index in [-0.39, 0.29) is 30.1 Å². The molecule has 5 rings (SSSR count). The van der Waals surface area contributed by atoms with E-state index in [9.17, 15) is 18.8 Å². The number of benzene rings is 1. The third kappa shape index (κ3) is 4.17. The van der Waals surface area contributed by atoms with E-state index >= 15 is 0 Å². The summed E-state index contributed by atoms with van der Waals surface area (Å²) in [5.41, 5.74) is -0.209. The maximum atomic E-state index is 13.2. The van der Waals surface area contributed by atoms with Crippen LogP contribution in [0.25, 0.3) is 11.4 Å². The average Bonchev–Trinajstić information content (AvgIpc) is 3.42. The van der Waals surface area contributed by atoms with E-state index in [4.69, 9.17) is 4.52 Å². The lowest BCUT2D eigenvalue weighted by Gasteiger charge is -2.34. The van der Waals surface area contributed by atoms with E-state index in [1.807, 2.05) is 0 Å². The molecule has 1 aromatic carbocycles. The molecule has 1 atom stereocenters. The molecule has 3 heterocycles. The van der Waals surface area contributed by atoms with Gasteiger partial charge in [-0.25, -0.2) is 9.18 Å². The van der Waals surface area contributed by atoms with Crippen LogP contribution in [0.4, 0.5) is 9.18 Å². The summed E-state index contributed by atoms with van der Waals surface area (Å²) in [6, 6.07) is 5.35. The van der Waals surface area contributed by atoms with Crippen molar-refractivity contribution in [3.8, 4) is 11.4 Å². The summed E-state index contributed by atoms with van der Waals surface area (Å²) in [6.45, 7) is 2.80. The molecule has 1 spiro atoms. The molecule has 1 N–H and O–H groups in total. The molecule has 3 aliphatic rings. The second-order valence-electron chi connectivity index (χ2n) is 9.73. The highest BCUT2D eigenvalue weighted by Gasteiger charge is 2.52. The summed E-state index contributed by atoms with van der Waals surface area (Å²) < 4.78 is 18.6. The van der Waals surface area contributed by atoms with Crippen LogP contribution in [0.3, 0.4) is 0 Å². The predicted molar refractivity (Wildman–Crippen MR) is 119 cm³/mol. The maximum Gasteiger partial charge on any atom is 0.325 e. The summed E-state index contributed by atoms with van der Waals surface area (Å²) in [5.74, 6) is 0.271. The standard InChI is InChI=1S/C24H28FN5O4/c1-15-8-10-24(11-9-15)22(32)30(23(33)27-24)14-19(31)29-12-2-3-17(13-29)21-26-20(28-34-21)16-4-6-18(25)7-5-16/h4-7,15,17H,2-3,8-14H2,1H3,(H,27,33). The number of hydrogen-bond acceptors (Lipinski definition) is 6. The van der Waals surface area contributed by atoms with Crippen molar-refractivity contribution in [3.63, 3.8) is 0 Å². The van der Waals surface area contributed by atoms with E-state index in [1.54, 1.807) is 17.0 Å². The number of nitrogens with zero attached hydrogens (tertiary/aromatic N) is 4. The van der Waals surface area contributed by atoms with E-state index in [1.165, 1.54) is 12.1 Å². The third-order valence-electron chi connectivity index (χ3n) is 7.33.